The van der Waals surface area contributed by atoms with Crippen LogP contribution in [0.3, 0.4) is 0 Å². The van der Waals surface area contributed by atoms with Crippen molar-refractivity contribution in [1.82, 2.24) is 0 Å². The number of carboxylic acid groups (broad SMARTS) is 1. The van der Waals surface area contributed by atoms with E-state index in [9.17, 15) is 19.3 Å². The number of aromatic carboxylic acids is 1. The summed E-state index contributed by atoms with van der Waals surface area (Å²) >= 11 is 0. The third kappa shape index (κ3) is 3.77. The summed E-state index contributed by atoms with van der Waals surface area (Å²) in [6, 6.07) is 1.55. The molecule has 0 aliphatic carbocycles. The number of allylic oxidation sites excluding steroid dienone is 1. The molecule has 0 aromatic heterocycles. The number of nitro groups is 1. The second kappa shape index (κ2) is 6.48. The number of halogens is 1. The fourth-order valence-corrected chi connectivity index (χ4v) is 1.48. The molecule has 6 nitrogen and oxygen atoms in total. The molecule has 0 heterocycles. The van der Waals surface area contributed by atoms with Gasteiger partial charge in [0.15, 0.2) is 0 Å². The normalized spacial score (nSPS) is 10.6. The third-order valence-corrected chi connectivity index (χ3v) is 2.37. The molecule has 0 aliphatic heterocycles. The molecule has 19 heavy (non-hydrogen) atoms. The molecule has 0 fully saturated rings. The minimum absolute atomic E-state index is 0.0306. The SMILES string of the molecule is C/C=C/CCNc1cc(F)c(C(=O)O)cc1[N+](=O)[O-]. The number of benzene rings is 1. The van der Waals surface area contributed by atoms with Crippen LogP contribution in [0.25, 0.3) is 0 Å². The standard InChI is InChI=1S/C12H13FN2O4/c1-2-3-4-5-14-10-7-9(13)8(12(16)17)6-11(10)15(18)19/h2-3,6-7,14H,4-5H2,1H3,(H,16,17)/b3-2+. The zero-order chi connectivity index (χ0) is 14.4. The van der Waals surface area contributed by atoms with Gasteiger partial charge in [0.1, 0.15) is 17.1 Å². The number of carbonyl (C=O) groups is 1. The van der Waals surface area contributed by atoms with Crippen molar-refractivity contribution in [2.45, 2.75) is 13.3 Å². The zero-order valence-electron chi connectivity index (χ0n) is 10.2. The molecule has 1 rings (SSSR count). The van der Waals surface area contributed by atoms with Crippen molar-refractivity contribution in [3.63, 3.8) is 0 Å². The predicted molar refractivity (Wildman–Crippen MR) is 67.9 cm³/mol. The van der Waals surface area contributed by atoms with Gasteiger partial charge in [0, 0.05) is 18.7 Å². The highest BCUT2D eigenvalue weighted by Gasteiger charge is 2.21. The molecule has 1 aromatic carbocycles. The average molecular weight is 268 g/mol. The van der Waals surface area contributed by atoms with E-state index in [1.807, 2.05) is 19.1 Å². The van der Waals surface area contributed by atoms with Gasteiger partial charge in [-0.25, -0.2) is 9.18 Å². The van der Waals surface area contributed by atoms with E-state index < -0.39 is 28.0 Å². The molecule has 0 aliphatic rings. The zero-order valence-corrected chi connectivity index (χ0v) is 10.2. The summed E-state index contributed by atoms with van der Waals surface area (Å²) in [6.07, 6.45) is 4.29. The maximum absolute atomic E-state index is 13.5. The smallest absolute Gasteiger partial charge is 0.338 e. The summed E-state index contributed by atoms with van der Waals surface area (Å²) < 4.78 is 13.5. The maximum atomic E-state index is 13.5. The maximum Gasteiger partial charge on any atom is 0.338 e. The van der Waals surface area contributed by atoms with Gasteiger partial charge < -0.3 is 10.4 Å². The van der Waals surface area contributed by atoms with E-state index in [0.717, 1.165) is 12.1 Å². The van der Waals surface area contributed by atoms with Crippen LogP contribution in [0.5, 0.6) is 0 Å². The lowest BCUT2D eigenvalue weighted by atomic mass is 10.1. The van der Waals surface area contributed by atoms with E-state index in [4.69, 9.17) is 5.11 Å². The Balaban J connectivity index is 3.05. The van der Waals surface area contributed by atoms with Crippen molar-refractivity contribution in [2.75, 3.05) is 11.9 Å². The van der Waals surface area contributed by atoms with Gasteiger partial charge in [-0.15, -0.1) is 0 Å². The second-order valence-corrected chi connectivity index (χ2v) is 3.70. The lowest BCUT2D eigenvalue weighted by Gasteiger charge is -2.07. The molecular formula is C12H13FN2O4. The molecular weight excluding hydrogens is 255 g/mol. The van der Waals surface area contributed by atoms with E-state index >= 15 is 0 Å². The van der Waals surface area contributed by atoms with E-state index in [1.54, 1.807) is 0 Å². The van der Waals surface area contributed by atoms with Crippen molar-refractivity contribution in [2.24, 2.45) is 0 Å². The van der Waals surface area contributed by atoms with Crippen LogP contribution in [-0.2, 0) is 0 Å². The van der Waals surface area contributed by atoms with Crippen LogP contribution in [0.4, 0.5) is 15.8 Å². The third-order valence-electron chi connectivity index (χ3n) is 2.37. The topological polar surface area (TPSA) is 92.5 Å². The summed E-state index contributed by atoms with van der Waals surface area (Å²) in [5.41, 5.74) is -1.21. The van der Waals surface area contributed by atoms with Gasteiger partial charge >= 0.3 is 5.97 Å². The van der Waals surface area contributed by atoms with Gasteiger partial charge in [0.05, 0.1) is 4.92 Å². The first-order valence-corrected chi connectivity index (χ1v) is 5.53. The number of carboxylic acids is 1. The summed E-state index contributed by atoms with van der Waals surface area (Å²) in [6.45, 7) is 2.22. The molecule has 0 radical (unpaired) electrons. The van der Waals surface area contributed by atoms with Gasteiger partial charge in [-0.3, -0.25) is 10.1 Å². The Kier molecular flexibility index (Phi) is 4.99. The van der Waals surface area contributed by atoms with Crippen LogP contribution in [0.15, 0.2) is 24.3 Å². The molecule has 102 valence electrons. The fraction of sp³-hybridized carbons (Fsp3) is 0.250. The number of nitro benzene ring substituents is 1. The Morgan fingerprint density at radius 2 is 2.26 bits per heavy atom. The number of hydrogen-bond acceptors (Lipinski definition) is 4. The fourth-order valence-electron chi connectivity index (χ4n) is 1.48. The first kappa shape index (κ1) is 14.6. The number of rotatable bonds is 6. The van der Waals surface area contributed by atoms with Crippen molar-refractivity contribution in [1.29, 1.82) is 0 Å². The molecule has 0 saturated heterocycles. The molecule has 0 spiro atoms. The van der Waals surface area contributed by atoms with Crippen molar-refractivity contribution >= 4 is 17.3 Å². The quantitative estimate of drug-likeness (QED) is 0.358. The minimum atomic E-state index is -1.54. The Labute approximate surface area is 108 Å². The number of nitrogens with zero attached hydrogens (tertiary/aromatic N) is 1. The van der Waals surface area contributed by atoms with Gasteiger partial charge in [-0.1, -0.05) is 12.2 Å². The van der Waals surface area contributed by atoms with Gasteiger partial charge in [0.2, 0.25) is 0 Å². The van der Waals surface area contributed by atoms with Gasteiger partial charge in [-0.2, -0.15) is 0 Å². The van der Waals surface area contributed by atoms with E-state index in [2.05, 4.69) is 5.32 Å². The van der Waals surface area contributed by atoms with Crippen LogP contribution in [0.1, 0.15) is 23.7 Å². The highest BCUT2D eigenvalue weighted by Crippen LogP contribution is 2.27. The van der Waals surface area contributed by atoms with Crippen LogP contribution >= 0.6 is 0 Å². The lowest BCUT2D eigenvalue weighted by Crippen LogP contribution is -2.08. The Morgan fingerprint density at radius 1 is 1.58 bits per heavy atom. The molecule has 7 heteroatoms. The van der Waals surface area contributed by atoms with Gasteiger partial charge in [-0.05, 0) is 13.3 Å². The second-order valence-electron chi connectivity index (χ2n) is 3.70. The molecule has 0 saturated carbocycles. The van der Waals surface area contributed by atoms with Crippen molar-refractivity contribution in [3.8, 4) is 0 Å². The first-order chi connectivity index (χ1) is 8.97. The van der Waals surface area contributed by atoms with E-state index in [1.165, 1.54) is 0 Å². The summed E-state index contributed by atoms with van der Waals surface area (Å²) in [4.78, 5) is 20.8. The minimum Gasteiger partial charge on any atom is -0.478 e. The molecule has 0 atom stereocenters. The lowest BCUT2D eigenvalue weighted by molar-refractivity contribution is -0.384. The van der Waals surface area contributed by atoms with Crippen LogP contribution < -0.4 is 5.32 Å². The van der Waals surface area contributed by atoms with Crippen molar-refractivity contribution in [3.05, 3.63) is 45.8 Å². The van der Waals surface area contributed by atoms with E-state index in [0.29, 0.717) is 13.0 Å². The Bertz CT molecular complexity index is 529. The number of anilines is 1. The summed E-state index contributed by atoms with van der Waals surface area (Å²) in [7, 11) is 0. The monoisotopic (exact) mass is 268 g/mol. The average Bonchev–Trinajstić information content (AvgIpc) is 2.33. The molecule has 0 bridgehead atoms. The van der Waals surface area contributed by atoms with Crippen LogP contribution in [0.2, 0.25) is 0 Å². The highest BCUT2D eigenvalue weighted by molar-refractivity contribution is 5.90. The predicted octanol–water partition coefficient (Wildman–Crippen LogP) is 2.81. The largest absolute Gasteiger partial charge is 0.478 e. The molecule has 2 N–H and O–H groups in total. The number of nitrogens with one attached hydrogen (secondary N) is 1. The molecule has 1 aromatic rings. The number of hydrogen-bond donors (Lipinski definition) is 2. The summed E-state index contributed by atoms with van der Waals surface area (Å²) in [5, 5.41) is 22.3. The van der Waals surface area contributed by atoms with Gasteiger partial charge in [0.25, 0.3) is 5.69 Å². The Morgan fingerprint density at radius 3 is 2.79 bits per heavy atom. The summed E-state index contributed by atoms with van der Waals surface area (Å²) in [5.74, 6) is -2.55. The molecule has 0 unspecified atom stereocenters. The van der Waals surface area contributed by atoms with Crippen LogP contribution in [-0.4, -0.2) is 22.5 Å². The first-order valence-electron chi connectivity index (χ1n) is 5.53. The van der Waals surface area contributed by atoms with Crippen LogP contribution in [0, 0.1) is 15.9 Å². The molecule has 0 amide bonds. The van der Waals surface area contributed by atoms with E-state index in [-0.39, 0.29) is 5.69 Å². The Hall–Kier alpha value is -2.44. The van der Waals surface area contributed by atoms with Crippen molar-refractivity contribution < 1.29 is 19.2 Å². The highest BCUT2D eigenvalue weighted by atomic mass is 19.1.